The summed E-state index contributed by atoms with van der Waals surface area (Å²) < 4.78 is 19.2. The Balaban J connectivity index is 0.00000300. The molecule has 2 heterocycles. The standard InChI is InChI=1S/C21H28FN5O.HI/c1-3-27-12-6-9-18(27)15-26-21(23-2)25-14-16-7-5-11-24-20(16)28-19-10-4-8-17(22)13-19;/h4-5,7-8,10-11,13,18H,3,6,9,12,14-15H2,1-2H3,(H2,23,25,26);1H. The molecule has 158 valence electrons. The highest BCUT2D eigenvalue weighted by molar-refractivity contribution is 14.0. The Morgan fingerprint density at radius 1 is 1.31 bits per heavy atom. The third-order valence-corrected chi connectivity index (χ3v) is 4.94. The molecule has 0 aliphatic carbocycles. The van der Waals surface area contributed by atoms with E-state index in [-0.39, 0.29) is 29.8 Å². The van der Waals surface area contributed by atoms with Gasteiger partial charge < -0.3 is 15.4 Å². The van der Waals surface area contributed by atoms with Crippen molar-refractivity contribution in [3.8, 4) is 11.6 Å². The van der Waals surface area contributed by atoms with Gasteiger partial charge in [-0.25, -0.2) is 9.37 Å². The molecule has 1 saturated heterocycles. The first-order valence-corrected chi connectivity index (χ1v) is 9.75. The molecule has 2 N–H and O–H groups in total. The predicted octanol–water partition coefficient (Wildman–Crippen LogP) is 3.78. The van der Waals surface area contributed by atoms with Crippen LogP contribution >= 0.6 is 24.0 Å². The molecule has 1 fully saturated rings. The highest BCUT2D eigenvalue weighted by Crippen LogP contribution is 2.23. The zero-order valence-electron chi connectivity index (χ0n) is 16.9. The molecule has 1 aliphatic rings. The molecule has 1 aliphatic heterocycles. The third-order valence-electron chi connectivity index (χ3n) is 4.94. The summed E-state index contributed by atoms with van der Waals surface area (Å²) in [4.78, 5) is 11.1. The van der Waals surface area contributed by atoms with Crippen LogP contribution in [-0.4, -0.2) is 48.6 Å². The number of pyridine rings is 1. The summed E-state index contributed by atoms with van der Waals surface area (Å²) in [5.74, 6) is 1.27. The minimum absolute atomic E-state index is 0. The largest absolute Gasteiger partial charge is 0.439 e. The first-order valence-electron chi connectivity index (χ1n) is 9.75. The van der Waals surface area contributed by atoms with E-state index < -0.39 is 0 Å². The van der Waals surface area contributed by atoms with E-state index in [1.807, 2.05) is 12.1 Å². The van der Waals surface area contributed by atoms with E-state index in [1.165, 1.54) is 31.5 Å². The topological polar surface area (TPSA) is 61.8 Å². The fourth-order valence-electron chi connectivity index (χ4n) is 3.45. The number of halogens is 2. The maximum Gasteiger partial charge on any atom is 0.224 e. The van der Waals surface area contributed by atoms with Crippen LogP contribution in [0.2, 0.25) is 0 Å². The van der Waals surface area contributed by atoms with Crippen LogP contribution in [0.5, 0.6) is 11.6 Å². The number of nitrogens with zero attached hydrogens (tertiary/aromatic N) is 3. The highest BCUT2D eigenvalue weighted by atomic mass is 127. The number of benzene rings is 1. The molecular formula is C21H29FIN5O. The average molecular weight is 513 g/mol. The Labute approximate surface area is 189 Å². The summed E-state index contributed by atoms with van der Waals surface area (Å²) in [5.41, 5.74) is 0.866. The number of guanidine groups is 1. The quantitative estimate of drug-likeness (QED) is 0.336. The van der Waals surface area contributed by atoms with Gasteiger partial charge in [-0.3, -0.25) is 9.89 Å². The van der Waals surface area contributed by atoms with E-state index in [4.69, 9.17) is 4.74 Å². The van der Waals surface area contributed by atoms with Gasteiger partial charge in [0.15, 0.2) is 5.96 Å². The minimum Gasteiger partial charge on any atom is -0.439 e. The van der Waals surface area contributed by atoms with Gasteiger partial charge in [0.1, 0.15) is 11.6 Å². The fraction of sp³-hybridized carbons (Fsp3) is 0.429. The zero-order chi connectivity index (χ0) is 19.8. The van der Waals surface area contributed by atoms with E-state index >= 15 is 0 Å². The minimum atomic E-state index is -0.342. The normalized spacial score (nSPS) is 16.9. The lowest BCUT2D eigenvalue weighted by Gasteiger charge is -2.24. The molecule has 29 heavy (non-hydrogen) atoms. The predicted molar refractivity (Wildman–Crippen MR) is 125 cm³/mol. The van der Waals surface area contributed by atoms with Crippen LogP contribution in [0.4, 0.5) is 4.39 Å². The van der Waals surface area contributed by atoms with Crippen LogP contribution in [0.25, 0.3) is 0 Å². The van der Waals surface area contributed by atoms with E-state index in [0.717, 1.165) is 24.6 Å². The van der Waals surface area contributed by atoms with Crippen LogP contribution in [0.3, 0.4) is 0 Å². The molecular weight excluding hydrogens is 484 g/mol. The van der Waals surface area contributed by atoms with Crippen molar-refractivity contribution in [2.75, 3.05) is 26.7 Å². The summed E-state index contributed by atoms with van der Waals surface area (Å²) >= 11 is 0. The summed E-state index contributed by atoms with van der Waals surface area (Å²) in [7, 11) is 1.76. The smallest absolute Gasteiger partial charge is 0.224 e. The molecule has 3 rings (SSSR count). The zero-order valence-corrected chi connectivity index (χ0v) is 19.2. The number of aliphatic imine (C=N–C) groups is 1. The van der Waals surface area contributed by atoms with Gasteiger partial charge in [0.2, 0.25) is 5.88 Å². The molecule has 2 aromatic rings. The van der Waals surface area contributed by atoms with Gasteiger partial charge in [0.05, 0.1) is 0 Å². The van der Waals surface area contributed by atoms with E-state index in [1.54, 1.807) is 25.4 Å². The summed E-state index contributed by atoms with van der Waals surface area (Å²) in [6.07, 6.45) is 4.12. The van der Waals surface area contributed by atoms with Gasteiger partial charge in [-0.1, -0.05) is 19.1 Å². The Kier molecular flexibility index (Phi) is 9.59. The Bertz CT molecular complexity index is 804. The van der Waals surface area contributed by atoms with Crippen LogP contribution in [0.1, 0.15) is 25.3 Å². The molecule has 8 heteroatoms. The number of ether oxygens (including phenoxy) is 1. The molecule has 0 radical (unpaired) electrons. The molecule has 0 bridgehead atoms. The van der Waals surface area contributed by atoms with Gasteiger partial charge >= 0.3 is 0 Å². The molecule has 0 amide bonds. The average Bonchev–Trinajstić information content (AvgIpc) is 3.17. The number of likely N-dealkylation sites (tertiary alicyclic amines) is 1. The number of hydrogen-bond donors (Lipinski definition) is 2. The van der Waals surface area contributed by atoms with Gasteiger partial charge in [0.25, 0.3) is 0 Å². The van der Waals surface area contributed by atoms with Gasteiger partial charge in [-0.15, -0.1) is 24.0 Å². The van der Waals surface area contributed by atoms with Crippen LogP contribution in [-0.2, 0) is 6.54 Å². The molecule has 0 saturated carbocycles. The van der Waals surface area contributed by atoms with Crippen molar-refractivity contribution in [1.82, 2.24) is 20.5 Å². The highest BCUT2D eigenvalue weighted by Gasteiger charge is 2.22. The van der Waals surface area contributed by atoms with E-state index in [9.17, 15) is 4.39 Å². The fourth-order valence-corrected chi connectivity index (χ4v) is 3.45. The monoisotopic (exact) mass is 513 g/mol. The van der Waals surface area contributed by atoms with Crippen LogP contribution < -0.4 is 15.4 Å². The van der Waals surface area contributed by atoms with Gasteiger partial charge in [-0.2, -0.15) is 0 Å². The second-order valence-corrected chi connectivity index (χ2v) is 6.76. The van der Waals surface area contributed by atoms with Crippen molar-refractivity contribution >= 4 is 29.9 Å². The Morgan fingerprint density at radius 2 is 2.17 bits per heavy atom. The lowest BCUT2D eigenvalue weighted by Crippen LogP contribution is -2.44. The van der Waals surface area contributed by atoms with Crippen LogP contribution in [0, 0.1) is 5.82 Å². The molecule has 6 nitrogen and oxygen atoms in total. The lowest BCUT2D eigenvalue weighted by molar-refractivity contribution is 0.267. The summed E-state index contributed by atoms with van der Waals surface area (Å²) in [6.45, 7) is 5.82. The second-order valence-electron chi connectivity index (χ2n) is 6.76. The van der Waals surface area contributed by atoms with Crippen molar-refractivity contribution in [2.24, 2.45) is 4.99 Å². The van der Waals surface area contributed by atoms with Gasteiger partial charge in [-0.05, 0) is 44.1 Å². The van der Waals surface area contributed by atoms with Gasteiger partial charge in [0, 0.05) is 44.0 Å². The van der Waals surface area contributed by atoms with Crippen LogP contribution in [0.15, 0.2) is 47.6 Å². The molecule has 1 aromatic heterocycles. The van der Waals surface area contributed by atoms with Crippen molar-refractivity contribution in [1.29, 1.82) is 0 Å². The third kappa shape index (κ3) is 6.81. The molecule has 0 spiro atoms. The molecule has 1 aromatic carbocycles. The number of hydrogen-bond acceptors (Lipinski definition) is 4. The van der Waals surface area contributed by atoms with E-state index in [0.29, 0.717) is 24.2 Å². The molecule has 1 unspecified atom stereocenters. The Morgan fingerprint density at radius 3 is 2.93 bits per heavy atom. The van der Waals surface area contributed by atoms with E-state index in [2.05, 4.69) is 32.4 Å². The first-order chi connectivity index (χ1) is 13.7. The molecule has 1 atom stereocenters. The number of nitrogens with one attached hydrogen (secondary N) is 2. The van der Waals surface area contributed by atoms with Crippen molar-refractivity contribution in [3.63, 3.8) is 0 Å². The maximum absolute atomic E-state index is 13.4. The Hall–Kier alpha value is -1.94. The summed E-state index contributed by atoms with van der Waals surface area (Å²) in [5, 5.41) is 6.72. The number of likely N-dealkylation sites (N-methyl/N-ethyl adjacent to an activating group) is 1. The second kappa shape index (κ2) is 11.9. The maximum atomic E-state index is 13.4. The first kappa shape index (κ1) is 23.3. The number of aromatic nitrogens is 1. The SMILES string of the molecule is CCN1CCCC1CNC(=NC)NCc1cccnc1Oc1cccc(F)c1.I. The van der Waals surface area contributed by atoms with Crippen molar-refractivity contribution in [3.05, 3.63) is 54.0 Å². The van der Waals surface area contributed by atoms with Crippen molar-refractivity contribution < 1.29 is 9.13 Å². The number of rotatable bonds is 7. The van der Waals surface area contributed by atoms with Crippen molar-refractivity contribution in [2.45, 2.75) is 32.4 Å². The summed E-state index contributed by atoms with van der Waals surface area (Å²) in [6, 6.07) is 10.4. The lowest BCUT2D eigenvalue weighted by atomic mass is 10.2.